The zero-order valence-electron chi connectivity index (χ0n) is 12.7. The maximum Gasteiger partial charge on any atom is 0.238 e. The molecule has 1 amide bonds. The average Bonchev–Trinajstić information content (AvgIpc) is 3.00. The zero-order valence-corrected chi connectivity index (χ0v) is 14.2. The second-order valence-corrected chi connectivity index (χ2v) is 6.96. The van der Waals surface area contributed by atoms with E-state index < -0.39 is 0 Å². The van der Waals surface area contributed by atoms with Gasteiger partial charge in [-0.1, -0.05) is 11.6 Å². The molecule has 1 aliphatic heterocycles. The van der Waals surface area contributed by atoms with Gasteiger partial charge >= 0.3 is 0 Å². The van der Waals surface area contributed by atoms with Gasteiger partial charge in [0.15, 0.2) is 0 Å². The first-order valence-electron chi connectivity index (χ1n) is 7.38. The first kappa shape index (κ1) is 16.0. The number of hydrogen-bond acceptors (Lipinski definition) is 4. The highest BCUT2D eigenvalue weighted by Gasteiger charge is 2.26. The minimum absolute atomic E-state index is 0.0729. The van der Waals surface area contributed by atoms with Gasteiger partial charge in [0, 0.05) is 23.2 Å². The number of carbonyl (C=O) groups excluding carboxylic acids is 1. The van der Waals surface area contributed by atoms with Crippen molar-refractivity contribution in [2.24, 2.45) is 0 Å². The summed E-state index contributed by atoms with van der Waals surface area (Å²) in [7, 11) is 0. The van der Waals surface area contributed by atoms with Crippen molar-refractivity contribution in [1.29, 1.82) is 5.26 Å². The molecule has 0 saturated heterocycles. The molecular weight excluding hydrogens is 330 g/mol. The van der Waals surface area contributed by atoms with Gasteiger partial charge in [-0.15, -0.1) is 11.3 Å². The van der Waals surface area contributed by atoms with Gasteiger partial charge in [0.05, 0.1) is 17.1 Å². The fourth-order valence-electron chi connectivity index (χ4n) is 2.85. The van der Waals surface area contributed by atoms with E-state index in [1.54, 1.807) is 29.5 Å². The summed E-state index contributed by atoms with van der Waals surface area (Å²) >= 11 is 7.78. The number of hydrogen-bond donors (Lipinski definition) is 1. The quantitative estimate of drug-likeness (QED) is 0.919. The van der Waals surface area contributed by atoms with Gasteiger partial charge in [-0.2, -0.15) is 5.26 Å². The normalized spacial score (nSPS) is 17.3. The number of nitrogens with one attached hydrogen (secondary N) is 1. The maximum atomic E-state index is 12.3. The van der Waals surface area contributed by atoms with Crippen LogP contribution < -0.4 is 5.32 Å². The molecule has 1 aliphatic rings. The molecule has 0 fully saturated rings. The smallest absolute Gasteiger partial charge is 0.238 e. The van der Waals surface area contributed by atoms with E-state index in [0.29, 0.717) is 22.8 Å². The first-order chi connectivity index (χ1) is 11.1. The summed E-state index contributed by atoms with van der Waals surface area (Å²) in [5, 5.41) is 14.2. The summed E-state index contributed by atoms with van der Waals surface area (Å²) in [6.07, 6.45) is 0.993. The van der Waals surface area contributed by atoms with Crippen LogP contribution >= 0.6 is 22.9 Å². The molecule has 0 radical (unpaired) electrons. The average molecular weight is 346 g/mol. The highest BCUT2D eigenvalue weighted by Crippen LogP contribution is 2.32. The Labute approximate surface area is 144 Å². The van der Waals surface area contributed by atoms with Gasteiger partial charge in [0.2, 0.25) is 5.91 Å². The Balaban J connectivity index is 1.64. The maximum absolute atomic E-state index is 12.3. The summed E-state index contributed by atoms with van der Waals surface area (Å²) in [6.45, 7) is 3.36. The number of nitrogens with zero attached hydrogens (tertiary/aromatic N) is 2. The van der Waals surface area contributed by atoms with E-state index in [-0.39, 0.29) is 11.9 Å². The molecule has 0 aliphatic carbocycles. The van der Waals surface area contributed by atoms with E-state index >= 15 is 0 Å². The first-order valence-corrected chi connectivity index (χ1v) is 8.64. The van der Waals surface area contributed by atoms with Gasteiger partial charge in [0.1, 0.15) is 6.07 Å². The standard InChI is InChI=1S/C17H16ClN3OS/c1-11-14-5-7-23-16(14)4-6-21(11)10-17(22)20-13-3-2-12(9-19)15(18)8-13/h2-3,5,7-8,11H,4,6,10H2,1H3,(H,20,22)/t11-/m0/s1. The van der Waals surface area contributed by atoms with Crippen LogP contribution in [0.1, 0.15) is 29.0 Å². The van der Waals surface area contributed by atoms with Gasteiger partial charge < -0.3 is 5.32 Å². The monoisotopic (exact) mass is 345 g/mol. The molecule has 1 aromatic heterocycles. The molecule has 1 atom stereocenters. The largest absolute Gasteiger partial charge is 0.325 e. The van der Waals surface area contributed by atoms with Crippen molar-refractivity contribution >= 4 is 34.5 Å². The van der Waals surface area contributed by atoms with Crippen LogP contribution in [0, 0.1) is 11.3 Å². The summed E-state index contributed by atoms with van der Waals surface area (Å²) in [5.74, 6) is -0.0729. The van der Waals surface area contributed by atoms with E-state index in [0.717, 1.165) is 13.0 Å². The van der Waals surface area contributed by atoms with E-state index in [2.05, 4.69) is 28.6 Å². The van der Waals surface area contributed by atoms with Gasteiger partial charge in [-0.25, -0.2) is 0 Å². The predicted molar refractivity (Wildman–Crippen MR) is 92.8 cm³/mol. The molecule has 118 valence electrons. The van der Waals surface area contributed by atoms with Gasteiger partial charge in [0.25, 0.3) is 0 Å². The lowest BCUT2D eigenvalue weighted by atomic mass is 10.0. The molecule has 0 bridgehead atoms. The number of fused-ring (bicyclic) bond motifs is 1. The van der Waals surface area contributed by atoms with Crippen LogP contribution in [0.5, 0.6) is 0 Å². The second-order valence-electron chi connectivity index (χ2n) is 5.55. The molecule has 2 aromatic rings. The fourth-order valence-corrected chi connectivity index (χ4v) is 4.03. The molecular formula is C17H16ClN3OS. The number of rotatable bonds is 3. The molecule has 23 heavy (non-hydrogen) atoms. The number of benzene rings is 1. The van der Waals surface area contributed by atoms with E-state index in [1.807, 2.05) is 6.07 Å². The Morgan fingerprint density at radius 3 is 3.09 bits per heavy atom. The minimum atomic E-state index is -0.0729. The van der Waals surface area contributed by atoms with Crippen molar-refractivity contribution in [3.63, 3.8) is 0 Å². The minimum Gasteiger partial charge on any atom is -0.325 e. The fraction of sp³-hybridized carbons (Fsp3) is 0.294. The third-order valence-corrected chi connectivity index (χ3v) is 5.43. The van der Waals surface area contributed by atoms with Crippen molar-refractivity contribution in [2.75, 3.05) is 18.4 Å². The lowest BCUT2D eigenvalue weighted by molar-refractivity contribution is -0.117. The van der Waals surface area contributed by atoms with Crippen molar-refractivity contribution in [3.8, 4) is 6.07 Å². The Morgan fingerprint density at radius 1 is 1.52 bits per heavy atom. The van der Waals surface area contributed by atoms with Crippen LogP contribution in [0.2, 0.25) is 5.02 Å². The zero-order chi connectivity index (χ0) is 16.4. The highest BCUT2D eigenvalue weighted by atomic mass is 35.5. The second kappa shape index (κ2) is 6.71. The number of halogens is 1. The predicted octanol–water partition coefficient (Wildman–Crippen LogP) is 3.83. The molecule has 2 heterocycles. The summed E-state index contributed by atoms with van der Waals surface area (Å²) in [5.41, 5.74) is 2.34. The third kappa shape index (κ3) is 3.40. The number of thiophene rings is 1. The molecule has 0 unspecified atom stereocenters. The molecule has 4 nitrogen and oxygen atoms in total. The van der Waals surface area contributed by atoms with Crippen LogP contribution in [0.3, 0.4) is 0 Å². The summed E-state index contributed by atoms with van der Waals surface area (Å²) in [6, 6.07) is 9.31. The lowest BCUT2D eigenvalue weighted by Crippen LogP contribution is -2.39. The van der Waals surface area contributed by atoms with Crippen molar-refractivity contribution in [1.82, 2.24) is 4.90 Å². The summed E-state index contributed by atoms with van der Waals surface area (Å²) in [4.78, 5) is 15.9. The SMILES string of the molecule is C[C@H]1c2ccsc2CCN1CC(=O)Nc1ccc(C#N)c(Cl)c1. The summed E-state index contributed by atoms with van der Waals surface area (Å²) < 4.78 is 0. The number of carbonyl (C=O) groups is 1. The molecule has 0 saturated carbocycles. The lowest BCUT2D eigenvalue weighted by Gasteiger charge is -2.32. The Hall–Kier alpha value is -1.87. The Morgan fingerprint density at radius 2 is 2.35 bits per heavy atom. The van der Waals surface area contributed by atoms with Gasteiger partial charge in [-0.3, -0.25) is 9.69 Å². The van der Waals surface area contributed by atoms with Crippen LogP contribution in [0.25, 0.3) is 0 Å². The molecule has 3 rings (SSSR count). The molecule has 0 spiro atoms. The van der Waals surface area contributed by atoms with E-state index in [1.165, 1.54) is 10.4 Å². The van der Waals surface area contributed by atoms with Crippen molar-refractivity contribution in [2.45, 2.75) is 19.4 Å². The number of nitriles is 1. The van der Waals surface area contributed by atoms with E-state index in [4.69, 9.17) is 16.9 Å². The van der Waals surface area contributed by atoms with Crippen molar-refractivity contribution in [3.05, 3.63) is 50.7 Å². The third-order valence-electron chi connectivity index (χ3n) is 4.12. The Kier molecular flexibility index (Phi) is 4.67. The van der Waals surface area contributed by atoms with Crippen LogP contribution in [0.15, 0.2) is 29.6 Å². The van der Waals surface area contributed by atoms with Crippen LogP contribution in [-0.2, 0) is 11.2 Å². The van der Waals surface area contributed by atoms with Crippen molar-refractivity contribution < 1.29 is 4.79 Å². The highest BCUT2D eigenvalue weighted by molar-refractivity contribution is 7.10. The number of amides is 1. The van der Waals surface area contributed by atoms with Crippen LogP contribution in [-0.4, -0.2) is 23.9 Å². The molecule has 1 aromatic carbocycles. The van der Waals surface area contributed by atoms with E-state index in [9.17, 15) is 4.79 Å². The van der Waals surface area contributed by atoms with Gasteiger partial charge in [-0.05, 0) is 48.6 Å². The molecule has 1 N–H and O–H groups in total. The van der Waals surface area contributed by atoms with Crippen LogP contribution in [0.4, 0.5) is 5.69 Å². The topological polar surface area (TPSA) is 56.1 Å². The Bertz CT molecular complexity index is 780. The number of anilines is 1. The molecule has 6 heteroatoms.